The summed E-state index contributed by atoms with van der Waals surface area (Å²) in [5.74, 6) is -0.0109. The van der Waals surface area contributed by atoms with Crippen LogP contribution in [0, 0.1) is 16.7 Å². The van der Waals surface area contributed by atoms with E-state index in [2.05, 4.69) is 13.8 Å². The van der Waals surface area contributed by atoms with Gasteiger partial charge >= 0.3 is 0 Å². The lowest BCUT2D eigenvalue weighted by molar-refractivity contribution is 0.418. The van der Waals surface area contributed by atoms with E-state index in [-0.39, 0.29) is 26.6 Å². The molecule has 1 aromatic heterocycles. The molecule has 2 rings (SSSR count). The van der Waals surface area contributed by atoms with Gasteiger partial charge in [0.05, 0.1) is 11.4 Å². The number of nitrogens with two attached hydrogens (primary N) is 1. The normalized spacial score (nSPS) is 18.2. The first-order chi connectivity index (χ1) is 9.22. The number of rotatable bonds is 3. The minimum atomic E-state index is -3.43. The fourth-order valence-corrected chi connectivity index (χ4v) is 5.07. The van der Waals surface area contributed by atoms with Crippen LogP contribution in [-0.2, 0) is 9.84 Å². The van der Waals surface area contributed by atoms with Crippen LogP contribution in [0.4, 0.5) is 10.7 Å². The maximum absolute atomic E-state index is 12.3. The first-order valence-corrected chi connectivity index (χ1v) is 8.99. The topological polar surface area (TPSA) is 87.2 Å². The second-order valence-electron chi connectivity index (χ2n) is 5.83. The fourth-order valence-electron chi connectivity index (χ4n) is 2.44. The molecule has 0 atom stereocenters. The van der Waals surface area contributed by atoms with E-state index >= 15 is 0 Å². The Hall–Kier alpha value is -1.26. The Morgan fingerprint density at radius 2 is 2.15 bits per heavy atom. The van der Waals surface area contributed by atoms with E-state index in [1.165, 1.54) is 11.3 Å². The van der Waals surface area contributed by atoms with Crippen LogP contribution in [-0.4, -0.2) is 27.3 Å². The monoisotopic (exact) mass is 313 g/mol. The zero-order valence-corrected chi connectivity index (χ0v) is 13.6. The van der Waals surface area contributed by atoms with Crippen LogP contribution in [0.1, 0.15) is 32.1 Å². The van der Waals surface area contributed by atoms with E-state index in [1.807, 2.05) is 11.0 Å². The van der Waals surface area contributed by atoms with Gasteiger partial charge in [-0.3, -0.25) is 0 Å². The number of sulfone groups is 1. The van der Waals surface area contributed by atoms with Crippen LogP contribution in [0.3, 0.4) is 0 Å². The van der Waals surface area contributed by atoms with Crippen LogP contribution in [0.15, 0.2) is 4.90 Å². The summed E-state index contributed by atoms with van der Waals surface area (Å²) in [5.41, 5.74) is 6.16. The van der Waals surface area contributed by atoms with Gasteiger partial charge in [0.25, 0.3) is 0 Å². The summed E-state index contributed by atoms with van der Waals surface area (Å²) in [5, 5.41) is 9.74. The average Bonchev–Trinajstić information content (AvgIpc) is 2.89. The minimum Gasteiger partial charge on any atom is -0.396 e. The second-order valence-corrected chi connectivity index (χ2v) is 9.04. The van der Waals surface area contributed by atoms with Gasteiger partial charge in [0, 0.05) is 13.1 Å². The SMILES string of the molecule is CCS(=O)(=O)c1c(N2CCC(C)(C)C2)sc(C#N)c1N. The zero-order chi connectivity index (χ0) is 15.1. The molecule has 0 aliphatic carbocycles. The predicted molar refractivity (Wildman–Crippen MR) is 81.8 cm³/mol. The molecule has 1 aromatic rings. The minimum absolute atomic E-state index is 0.0109. The van der Waals surface area contributed by atoms with Gasteiger partial charge in [-0.15, -0.1) is 11.3 Å². The predicted octanol–water partition coefficient (Wildman–Crippen LogP) is 2.23. The van der Waals surface area contributed by atoms with Gasteiger partial charge in [-0.2, -0.15) is 5.26 Å². The smallest absolute Gasteiger partial charge is 0.183 e. The lowest BCUT2D eigenvalue weighted by Gasteiger charge is -2.21. The van der Waals surface area contributed by atoms with E-state index in [9.17, 15) is 8.42 Å². The molecule has 0 unspecified atom stereocenters. The van der Waals surface area contributed by atoms with Crippen molar-refractivity contribution in [2.75, 3.05) is 29.5 Å². The third-order valence-corrected chi connectivity index (χ3v) is 6.73. The van der Waals surface area contributed by atoms with Crippen molar-refractivity contribution in [3.63, 3.8) is 0 Å². The van der Waals surface area contributed by atoms with Gasteiger partial charge in [0.2, 0.25) is 0 Å². The average molecular weight is 313 g/mol. The van der Waals surface area contributed by atoms with Crippen LogP contribution in [0.5, 0.6) is 0 Å². The molecule has 0 aromatic carbocycles. The molecular formula is C13H19N3O2S2. The van der Waals surface area contributed by atoms with Gasteiger partial charge < -0.3 is 10.6 Å². The van der Waals surface area contributed by atoms with E-state index in [4.69, 9.17) is 11.0 Å². The van der Waals surface area contributed by atoms with Crippen molar-refractivity contribution in [3.8, 4) is 6.07 Å². The van der Waals surface area contributed by atoms with E-state index in [0.717, 1.165) is 19.5 Å². The van der Waals surface area contributed by atoms with E-state index < -0.39 is 9.84 Å². The molecule has 0 radical (unpaired) electrons. The number of hydrogen-bond donors (Lipinski definition) is 1. The molecule has 2 heterocycles. The van der Waals surface area contributed by atoms with Crippen molar-refractivity contribution in [1.82, 2.24) is 0 Å². The van der Waals surface area contributed by atoms with Gasteiger partial charge in [-0.25, -0.2) is 8.42 Å². The summed E-state index contributed by atoms with van der Waals surface area (Å²) >= 11 is 1.19. The highest BCUT2D eigenvalue weighted by molar-refractivity contribution is 7.91. The molecule has 0 saturated carbocycles. The van der Waals surface area contributed by atoms with E-state index in [1.54, 1.807) is 6.92 Å². The van der Waals surface area contributed by atoms with Crippen LogP contribution in [0.2, 0.25) is 0 Å². The number of hydrogen-bond acceptors (Lipinski definition) is 6. The maximum atomic E-state index is 12.3. The number of nitrogen functional groups attached to an aromatic ring is 1. The fraction of sp³-hybridized carbons (Fsp3) is 0.615. The van der Waals surface area contributed by atoms with Crippen LogP contribution < -0.4 is 10.6 Å². The highest BCUT2D eigenvalue weighted by Gasteiger charge is 2.35. The molecule has 20 heavy (non-hydrogen) atoms. The second kappa shape index (κ2) is 4.93. The Bertz CT molecular complexity index is 669. The standard InChI is InChI=1S/C13H19N3O2S2/c1-4-20(17,18)11-10(15)9(7-14)19-12(11)16-6-5-13(2,3)8-16/h4-6,8,15H2,1-3H3. The Kier molecular flexibility index (Phi) is 3.73. The number of thiophene rings is 1. The van der Waals surface area contributed by atoms with Gasteiger partial charge in [-0.05, 0) is 11.8 Å². The molecule has 0 amide bonds. The van der Waals surface area contributed by atoms with Crippen molar-refractivity contribution in [2.24, 2.45) is 5.41 Å². The third-order valence-electron chi connectivity index (χ3n) is 3.64. The third kappa shape index (κ3) is 2.50. The van der Waals surface area contributed by atoms with Gasteiger partial charge in [0.15, 0.2) is 9.84 Å². The highest BCUT2D eigenvalue weighted by atomic mass is 32.2. The summed E-state index contributed by atoms with van der Waals surface area (Å²) in [6.07, 6.45) is 0.998. The molecule has 1 aliphatic heterocycles. The molecule has 1 fully saturated rings. The first-order valence-electron chi connectivity index (χ1n) is 6.52. The van der Waals surface area contributed by atoms with E-state index in [0.29, 0.717) is 5.00 Å². The Labute approximate surface area is 123 Å². The van der Waals surface area contributed by atoms with Crippen molar-refractivity contribution in [1.29, 1.82) is 5.26 Å². The van der Waals surface area contributed by atoms with Crippen LogP contribution >= 0.6 is 11.3 Å². The molecule has 1 aliphatic rings. The van der Waals surface area contributed by atoms with Gasteiger partial charge in [0.1, 0.15) is 20.8 Å². The lowest BCUT2D eigenvalue weighted by Crippen LogP contribution is -2.23. The van der Waals surface area contributed by atoms with Crippen molar-refractivity contribution in [3.05, 3.63) is 4.88 Å². The molecular weight excluding hydrogens is 294 g/mol. The Balaban J connectivity index is 2.57. The first kappa shape index (κ1) is 15.1. The molecule has 1 saturated heterocycles. The number of anilines is 2. The van der Waals surface area contributed by atoms with Crippen LogP contribution in [0.25, 0.3) is 0 Å². The lowest BCUT2D eigenvalue weighted by atomic mass is 9.93. The summed E-state index contributed by atoms with van der Waals surface area (Å²) in [6, 6.07) is 2.00. The quantitative estimate of drug-likeness (QED) is 0.924. The van der Waals surface area contributed by atoms with Crippen molar-refractivity contribution >= 4 is 31.9 Å². The Morgan fingerprint density at radius 3 is 2.60 bits per heavy atom. The largest absolute Gasteiger partial charge is 0.396 e. The molecule has 0 bridgehead atoms. The molecule has 2 N–H and O–H groups in total. The summed E-state index contributed by atoms with van der Waals surface area (Å²) < 4.78 is 24.6. The van der Waals surface area contributed by atoms with Crippen molar-refractivity contribution < 1.29 is 8.42 Å². The number of nitriles is 1. The highest BCUT2D eigenvalue weighted by Crippen LogP contribution is 2.44. The maximum Gasteiger partial charge on any atom is 0.183 e. The Morgan fingerprint density at radius 1 is 1.50 bits per heavy atom. The zero-order valence-electron chi connectivity index (χ0n) is 11.9. The summed E-state index contributed by atoms with van der Waals surface area (Å²) in [4.78, 5) is 2.49. The molecule has 5 nitrogen and oxygen atoms in total. The summed E-state index contributed by atoms with van der Waals surface area (Å²) in [6.45, 7) is 7.48. The molecule has 0 spiro atoms. The van der Waals surface area contributed by atoms with Gasteiger partial charge in [-0.1, -0.05) is 20.8 Å². The van der Waals surface area contributed by atoms with Crippen molar-refractivity contribution in [2.45, 2.75) is 32.1 Å². The summed E-state index contributed by atoms with van der Waals surface area (Å²) in [7, 11) is -3.43. The number of nitrogens with zero attached hydrogens (tertiary/aromatic N) is 2. The molecule has 7 heteroatoms. The molecule has 110 valence electrons.